The standard InChI is InChI=1S/C16H21N3O3S/c1-2-23(21,22)19-8-6-11(7-9-19)14-10-18-15-12(14)4-3-5-13(15)16(17)20/h3-5,10-11,18H,2,6-9H2,1H3,(H2,17,20). The Morgan fingerprint density at radius 3 is 2.65 bits per heavy atom. The van der Waals surface area contributed by atoms with Crippen LogP contribution in [0.5, 0.6) is 0 Å². The maximum absolute atomic E-state index is 11.9. The summed E-state index contributed by atoms with van der Waals surface area (Å²) in [5, 5.41) is 0.998. The number of nitrogens with zero attached hydrogens (tertiary/aromatic N) is 1. The van der Waals surface area contributed by atoms with Gasteiger partial charge in [-0.25, -0.2) is 12.7 Å². The zero-order chi connectivity index (χ0) is 16.6. The van der Waals surface area contributed by atoms with Gasteiger partial charge in [0.2, 0.25) is 10.0 Å². The number of nitrogens with two attached hydrogens (primary N) is 1. The molecule has 0 bridgehead atoms. The predicted octanol–water partition coefficient (Wildman–Crippen LogP) is 1.80. The highest BCUT2D eigenvalue weighted by molar-refractivity contribution is 7.89. The van der Waals surface area contributed by atoms with Gasteiger partial charge in [0.05, 0.1) is 16.8 Å². The van der Waals surface area contributed by atoms with E-state index in [1.54, 1.807) is 17.3 Å². The fourth-order valence-corrected chi connectivity index (χ4v) is 4.48. The van der Waals surface area contributed by atoms with Gasteiger partial charge in [0.15, 0.2) is 0 Å². The second kappa shape index (κ2) is 5.98. The molecule has 0 aliphatic carbocycles. The van der Waals surface area contributed by atoms with Crippen molar-refractivity contribution in [3.05, 3.63) is 35.5 Å². The number of fused-ring (bicyclic) bond motifs is 1. The third-order valence-corrected chi connectivity index (χ3v) is 6.55. The predicted molar refractivity (Wildman–Crippen MR) is 89.8 cm³/mol. The van der Waals surface area contributed by atoms with Crippen LogP contribution in [0.2, 0.25) is 0 Å². The number of hydrogen-bond acceptors (Lipinski definition) is 3. The molecule has 1 aliphatic heterocycles. The molecule has 0 saturated carbocycles. The summed E-state index contributed by atoms with van der Waals surface area (Å²) in [5.74, 6) is -0.0183. The summed E-state index contributed by atoms with van der Waals surface area (Å²) in [7, 11) is -3.11. The Morgan fingerprint density at radius 1 is 1.35 bits per heavy atom. The lowest BCUT2D eigenvalue weighted by Gasteiger charge is -2.30. The average molecular weight is 335 g/mol. The molecule has 23 heavy (non-hydrogen) atoms. The molecule has 1 saturated heterocycles. The average Bonchev–Trinajstić information content (AvgIpc) is 2.98. The third-order valence-electron chi connectivity index (χ3n) is 4.66. The van der Waals surface area contributed by atoms with Crippen LogP contribution in [-0.4, -0.2) is 42.5 Å². The molecule has 0 unspecified atom stereocenters. The van der Waals surface area contributed by atoms with E-state index in [1.165, 1.54) is 0 Å². The van der Waals surface area contributed by atoms with Gasteiger partial charge in [-0.1, -0.05) is 12.1 Å². The Morgan fingerprint density at radius 2 is 2.04 bits per heavy atom. The van der Waals surface area contributed by atoms with Crippen LogP contribution in [0.3, 0.4) is 0 Å². The van der Waals surface area contributed by atoms with Gasteiger partial charge in [0.1, 0.15) is 0 Å². The van der Waals surface area contributed by atoms with Crippen molar-refractivity contribution in [3.8, 4) is 0 Å². The van der Waals surface area contributed by atoms with E-state index in [2.05, 4.69) is 4.98 Å². The fourth-order valence-electron chi connectivity index (χ4n) is 3.35. The fraction of sp³-hybridized carbons (Fsp3) is 0.438. The zero-order valence-corrected chi connectivity index (χ0v) is 13.9. The van der Waals surface area contributed by atoms with Gasteiger partial charge in [-0.05, 0) is 37.3 Å². The molecule has 1 aliphatic rings. The first-order valence-electron chi connectivity index (χ1n) is 7.81. The van der Waals surface area contributed by atoms with E-state index in [0.29, 0.717) is 18.7 Å². The van der Waals surface area contributed by atoms with E-state index in [0.717, 1.165) is 29.3 Å². The summed E-state index contributed by atoms with van der Waals surface area (Å²) in [6, 6.07) is 5.51. The van der Waals surface area contributed by atoms with Gasteiger partial charge >= 0.3 is 0 Å². The number of aromatic nitrogens is 1. The van der Waals surface area contributed by atoms with Gasteiger partial charge in [-0.15, -0.1) is 0 Å². The molecule has 2 aromatic rings. The number of hydrogen-bond donors (Lipinski definition) is 2. The SMILES string of the molecule is CCS(=O)(=O)N1CCC(c2c[nH]c3c(C(N)=O)cccc23)CC1. The molecule has 7 heteroatoms. The summed E-state index contributed by atoms with van der Waals surface area (Å²) in [6.07, 6.45) is 3.49. The number of primary amides is 1. The number of nitrogens with one attached hydrogen (secondary N) is 1. The number of amides is 1. The van der Waals surface area contributed by atoms with Crippen molar-refractivity contribution < 1.29 is 13.2 Å². The first kappa shape index (κ1) is 16.0. The number of rotatable bonds is 4. The first-order chi connectivity index (χ1) is 10.9. The topological polar surface area (TPSA) is 96.3 Å². The van der Waals surface area contributed by atoms with E-state index in [-0.39, 0.29) is 11.7 Å². The van der Waals surface area contributed by atoms with E-state index in [9.17, 15) is 13.2 Å². The maximum Gasteiger partial charge on any atom is 0.250 e. The second-order valence-electron chi connectivity index (χ2n) is 5.91. The second-order valence-corrected chi connectivity index (χ2v) is 8.17. The molecule has 3 rings (SSSR count). The quantitative estimate of drug-likeness (QED) is 0.891. The van der Waals surface area contributed by atoms with Crippen molar-refractivity contribution in [2.75, 3.05) is 18.8 Å². The molecule has 1 aromatic heterocycles. The Labute approximate surface area is 135 Å². The highest BCUT2D eigenvalue weighted by Gasteiger charge is 2.28. The number of piperidine rings is 1. The summed E-state index contributed by atoms with van der Waals surface area (Å²) in [5.41, 5.74) is 7.80. The molecule has 1 aromatic carbocycles. The Bertz CT molecular complexity index is 833. The van der Waals surface area contributed by atoms with E-state index in [4.69, 9.17) is 5.73 Å². The van der Waals surface area contributed by atoms with Gasteiger partial charge in [-0.2, -0.15) is 0 Å². The number of H-pyrrole nitrogens is 1. The first-order valence-corrected chi connectivity index (χ1v) is 9.42. The summed E-state index contributed by atoms with van der Waals surface area (Å²) in [4.78, 5) is 14.7. The normalized spacial score (nSPS) is 17.6. The molecule has 124 valence electrons. The van der Waals surface area contributed by atoms with Crippen molar-refractivity contribution in [2.24, 2.45) is 5.73 Å². The van der Waals surface area contributed by atoms with Crippen LogP contribution < -0.4 is 5.73 Å². The van der Waals surface area contributed by atoms with Crippen LogP contribution in [0, 0.1) is 0 Å². The lowest BCUT2D eigenvalue weighted by atomic mass is 9.89. The van der Waals surface area contributed by atoms with Crippen molar-refractivity contribution in [1.82, 2.24) is 9.29 Å². The molecule has 6 nitrogen and oxygen atoms in total. The molecule has 0 spiro atoms. The smallest absolute Gasteiger partial charge is 0.250 e. The monoisotopic (exact) mass is 335 g/mol. The van der Waals surface area contributed by atoms with Crippen molar-refractivity contribution >= 4 is 26.8 Å². The lowest BCUT2D eigenvalue weighted by molar-refractivity contribution is 0.100. The van der Waals surface area contributed by atoms with E-state index < -0.39 is 15.9 Å². The van der Waals surface area contributed by atoms with Gasteiger partial charge in [0.25, 0.3) is 5.91 Å². The number of para-hydroxylation sites is 1. The number of benzene rings is 1. The van der Waals surface area contributed by atoms with Crippen LogP contribution in [0.1, 0.15) is 41.6 Å². The number of aromatic amines is 1. The number of carbonyl (C=O) groups is 1. The highest BCUT2D eigenvalue weighted by Crippen LogP contribution is 2.34. The molecule has 0 radical (unpaired) electrons. The summed E-state index contributed by atoms with van der Waals surface area (Å²) in [6.45, 7) is 2.76. The van der Waals surface area contributed by atoms with Crippen LogP contribution in [0.4, 0.5) is 0 Å². The molecule has 0 atom stereocenters. The van der Waals surface area contributed by atoms with Crippen LogP contribution in [-0.2, 0) is 10.0 Å². The Balaban J connectivity index is 1.86. The molecule has 2 heterocycles. The molecule has 1 fully saturated rings. The van der Waals surface area contributed by atoms with Gasteiger partial charge in [0, 0.05) is 24.7 Å². The Hall–Kier alpha value is -1.86. The molecule has 1 amide bonds. The maximum atomic E-state index is 11.9. The zero-order valence-electron chi connectivity index (χ0n) is 13.1. The number of carbonyl (C=O) groups excluding carboxylic acids is 1. The minimum Gasteiger partial charge on any atom is -0.366 e. The molecular weight excluding hydrogens is 314 g/mol. The largest absolute Gasteiger partial charge is 0.366 e. The number of sulfonamides is 1. The van der Waals surface area contributed by atoms with E-state index in [1.807, 2.05) is 18.3 Å². The summed E-state index contributed by atoms with van der Waals surface area (Å²) >= 11 is 0. The van der Waals surface area contributed by atoms with Crippen LogP contribution >= 0.6 is 0 Å². The van der Waals surface area contributed by atoms with E-state index >= 15 is 0 Å². The van der Waals surface area contributed by atoms with Gasteiger partial charge < -0.3 is 10.7 Å². The minimum absolute atomic E-state index is 0.146. The van der Waals surface area contributed by atoms with Crippen molar-refractivity contribution in [1.29, 1.82) is 0 Å². The van der Waals surface area contributed by atoms with Crippen molar-refractivity contribution in [3.63, 3.8) is 0 Å². The van der Waals surface area contributed by atoms with Gasteiger partial charge in [-0.3, -0.25) is 4.79 Å². The van der Waals surface area contributed by atoms with Crippen LogP contribution in [0.15, 0.2) is 24.4 Å². The summed E-state index contributed by atoms with van der Waals surface area (Å²) < 4.78 is 25.5. The van der Waals surface area contributed by atoms with Crippen molar-refractivity contribution in [2.45, 2.75) is 25.7 Å². The minimum atomic E-state index is -3.11. The highest BCUT2D eigenvalue weighted by atomic mass is 32.2. The third kappa shape index (κ3) is 2.86. The molecular formula is C16H21N3O3S. The lowest BCUT2D eigenvalue weighted by Crippen LogP contribution is -2.38. The molecule has 3 N–H and O–H groups in total. The Kier molecular flexibility index (Phi) is 4.16. The van der Waals surface area contributed by atoms with Crippen LogP contribution in [0.25, 0.3) is 10.9 Å².